The zero-order valence-electron chi connectivity index (χ0n) is 10.4. The van der Waals surface area contributed by atoms with Crippen LogP contribution in [0.15, 0.2) is 21.2 Å². The van der Waals surface area contributed by atoms with Gasteiger partial charge in [0.05, 0.1) is 10.7 Å². The average Bonchev–Trinajstić information content (AvgIpc) is 2.75. The minimum absolute atomic E-state index is 0.00952. The Morgan fingerprint density at radius 2 is 2.37 bits per heavy atom. The smallest absolute Gasteiger partial charge is 0.204 e. The predicted molar refractivity (Wildman–Crippen MR) is 75.7 cm³/mol. The normalized spacial score (nSPS) is 25.9. The van der Waals surface area contributed by atoms with E-state index in [1.54, 1.807) is 12.3 Å². The number of halogens is 1. The summed E-state index contributed by atoms with van der Waals surface area (Å²) in [5.41, 5.74) is 6.43. The number of nitrogens with two attached hydrogens (primary N) is 1. The van der Waals surface area contributed by atoms with Gasteiger partial charge in [-0.25, -0.2) is 4.98 Å². The quantitative estimate of drug-likeness (QED) is 0.888. The van der Waals surface area contributed by atoms with E-state index in [4.69, 9.17) is 15.4 Å². The molecule has 0 unspecified atom stereocenters. The van der Waals surface area contributed by atoms with Crippen molar-refractivity contribution in [1.29, 1.82) is 5.26 Å². The van der Waals surface area contributed by atoms with E-state index in [1.807, 2.05) is 6.07 Å². The van der Waals surface area contributed by atoms with Gasteiger partial charge in [0.15, 0.2) is 5.58 Å². The highest BCUT2D eigenvalue weighted by Gasteiger charge is 2.38. The first-order chi connectivity index (χ1) is 9.00. The van der Waals surface area contributed by atoms with Crippen LogP contribution >= 0.6 is 15.9 Å². The minimum Gasteiger partial charge on any atom is -0.444 e. The van der Waals surface area contributed by atoms with E-state index >= 15 is 0 Å². The van der Waals surface area contributed by atoms with E-state index in [0.717, 1.165) is 28.5 Å². The molecular weight excluding hydrogens is 308 g/mol. The van der Waals surface area contributed by atoms with Crippen molar-refractivity contribution in [3.8, 4) is 6.07 Å². The molecule has 98 valence electrons. The number of hydrogen-bond donors (Lipinski definition) is 2. The maximum atomic E-state index is 8.85. The second-order valence-electron chi connectivity index (χ2n) is 5.28. The Labute approximate surface area is 118 Å². The Hall–Kier alpha value is -1.58. The van der Waals surface area contributed by atoms with Gasteiger partial charge in [-0.15, -0.1) is 0 Å². The zero-order chi connectivity index (χ0) is 13.6. The van der Waals surface area contributed by atoms with Crippen LogP contribution < -0.4 is 11.1 Å². The molecule has 0 aromatic carbocycles. The Bertz CT molecular complexity index is 682. The molecule has 0 bridgehead atoms. The van der Waals surface area contributed by atoms with Crippen molar-refractivity contribution in [3.05, 3.63) is 22.5 Å². The molecule has 1 aliphatic carbocycles. The SMILES string of the molecule is CC1(Nc2ncc3oc(C#N)cc3c2Br)CC(N)C1. The first kappa shape index (κ1) is 12.5. The third-order valence-corrected chi connectivity index (χ3v) is 4.27. The maximum absolute atomic E-state index is 8.85. The molecule has 1 saturated carbocycles. The second kappa shape index (κ2) is 4.22. The molecule has 3 N–H and O–H groups in total. The number of anilines is 1. The van der Waals surface area contributed by atoms with Crippen LogP contribution in [0.25, 0.3) is 11.0 Å². The Morgan fingerprint density at radius 1 is 1.63 bits per heavy atom. The summed E-state index contributed by atoms with van der Waals surface area (Å²) >= 11 is 3.52. The number of furan rings is 1. The fraction of sp³-hybridized carbons (Fsp3) is 0.385. The molecule has 3 rings (SSSR count). The van der Waals surface area contributed by atoms with Crippen LogP contribution in [-0.2, 0) is 0 Å². The molecule has 6 heteroatoms. The van der Waals surface area contributed by atoms with Crippen molar-refractivity contribution in [2.75, 3.05) is 5.32 Å². The van der Waals surface area contributed by atoms with E-state index in [2.05, 4.69) is 33.2 Å². The summed E-state index contributed by atoms with van der Waals surface area (Å²) in [6, 6.07) is 3.96. The van der Waals surface area contributed by atoms with E-state index in [-0.39, 0.29) is 17.3 Å². The number of fused-ring (bicyclic) bond motifs is 1. The molecule has 0 radical (unpaired) electrons. The van der Waals surface area contributed by atoms with Crippen molar-refractivity contribution in [3.63, 3.8) is 0 Å². The number of rotatable bonds is 2. The highest BCUT2D eigenvalue weighted by atomic mass is 79.9. The molecule has 19 heavy (non-hydrogen) atoms. The molecule has 0 saturated heterocycles. The van der Waals surface area contributed by atoms with Crippen molar-refractivity contribution >= 4 is 32.7 Å². The van der Waals surface area contributed by atoms with E-state index in [1.165, 1.54) is 0 Å². The van der Waals surface area contributed by atoms with E-state index < -0.39 is 0 Å². The van der Waals surface area contributed by atoms with Gasteiger partial charge < -0.3 is 15.5 Å². The number of hydrogen-bond acceptors (Lipinski definition) is 5. The Balaban J connectivity index is 1.97. The second-order valence-corrected chi connectivity index (χ2v) is 6.07. The lowest BCUT2D eigenvalue weighted by Crippen LogP contribution is -2.54. The van der Waals surface area contributed by atoms with Gasteiger partial charge in [0.25, 0.3) is 0 Å². The number of nitrogens with one attached hydrogen (secondary N) is 1. The molecule has 0 aliphatic heterocycles. The summed E-state index contributed by atoms with van der Waals surface area (Å²) in [4.78, 5) is 4.34. The molecule has 1 fully saturated rings. The lowest BCUT2D eigenvalue weighted by Gasteiger charge is -2.44. The van der Waals surface area contributed by atoms with Gasteiger partial charge in [0, 0.05) is 23.0 Å². The zero-order valence-corrected chi connectivity index (χ0v) is 12.0. The summed E-state index contributed by atoms with van der Waals surface area (Å²) in [5.74, 6) is 1.04. The van der Waals surface area contributed by atoms with Crippen LogP contribution in [0, 0.1) is 11.3 Å². The van der Waals surface area contributed by atoms with Gasteiger partial charge in [0.2, 0.25) is 5.76 Å². The first-order valence-corrected chi connectivity index (χ1v) is 6.82. The van der Waals surface area contributed by atoms with Gasteiger partial charge in [-0.3, -0.25) is 0 Å². The molecular formula is C13H13BrN4O. The molecule has 5 nitrogen and oxygen atoms in total. The number of pyridine rings is 1. The summed E-state index contributed by atoms with van der Waals surface area (Å²) in [7, 11) is 0. The third-order valence-electron chi connectivity index (χ3n) is 3.47. The molecule has 1 aliphatic rings. The highest BCUT2D eigenvalue weighted by molar-refractivity contribution is 9.10. The number of nitrogens with zero attached hydrogens (tertiary/aromatic N) is 2. The Kier molecular flexibility index (Phi) is 2.77. The van der Waals surface area contributed by atoms with Gasteiger partial charge >= 0.3 is 0 Å². The van der Waals surface area contributed by atoms with Gasteiger partial charge in [-0.1, -0.05) is 0 Å². The van der Waals surface area contributed by atoms with E-state index in [9.17, 15) is 0 Å². The summed E-state index contributed by atoms with van der Waals surface area (Å²) in [6.45, 7) is 2.13. The van der Waals surface area contributed by atoms with Crippen molar-refractivity contribution in [2.45, 2.75) is 31.3 Å². The first-order valence-electron chi connectivity index (χ1n) is 6.03. The average molecular weight is 321 g/mol. The standard InChI is InChI=1S/C13H13BrN4O/c1-13(3-7(16)4-13)18-12-11(14)9-2-8(5-15)19-10(9)6-17-12/h2,6-7H,3-4,16H2,1H3,(H,17,18). The number of aromatic nitrogens is 1. The summed E-state index contributed by atoms with van der Waals surface area (Å²) in [5, 5.41) is 13.1. The summed E-state index contributed by atoms with van der Waals surface area (Å²) in [6.07, 6.45) is 3.48. The van der Waals surface area contributed by atoms with Crippen LogP contribution in [0.3, 0.4) is 0 Å². The van der Waals surface area contributed by atoms with Gasteiger partial charge in [-0.2, -0.15) is 5.26 Å². The monoisotopic (exact) mass is 320 g/mol. The van der Waals surface area contributed by atoms with Crippen LogP contribution in [0.5, 0.6) is 0 Å². The van der Waals surface area contributed by atoms with Crippen LogP contribution in [0.4, 0.5) is 5.82 Å². The largest absolute Gasteiger partial charge is 0.444 e. The maximum Gasteiger partial charge on any atom is 0.204 e. The van der Waals surface area contributed by atoms with Crippen molar-refractivity contribution in [2.24, 2.45) is 5.73 Å². The third kappa shape index (κ3) is 2.09. The fourth-order valence-corrected chi connectivity index (χ4v) is 3.12. The van der Waals surface area contributed by atoms with Crippen molar-refractivity contribution < 1.29 is 4.42 Å². The van der Waals surface area contributed by atoms with Gasteiger partial charge in [0.1, 0.15) is 11.9 Å². The van der Waals surface area contributed by atoms with Crippen LogP contribution in [0.1, 0.15) is 25.5 Å². The fourth-order valence-electron chi connectivity index (χ4n) is 2.61. The van der Waals surface area contributed by atoms with Crippen LogP contribution in [0.2, 0.25) is 0 Å². The minimum atomic E-state index is -0.00952. The van der Waals surface area contributed by atoms with Crippen LogP contribution in [-0.4, -0.2) is 16.6 Å². The molecule has 2 heterocycles. The van der Waals surface area contributed by atoms with E-state index in [0.29, 0.717) is 5.58 Å². The Morgan fingerprint density at radius 3 is 3.00 bits per heavy atom. The van der Waals surface area contributed by atoms with Crippen molar-refractivity contribution in [1.82, 2.24) is 4.98 Å². The summed E-state index contributed by atoms with van der Waals surface area (Å²) < 4.78 is 6.16. The van der Waals surface area contributed by atoms with Gasteiger partial charge in [-0.05, 0) is 35.7 Å². The molecule has 2 aromatic heterocycles. The number of nitriles is 1. The highest BCUT2D eigenvalue weighted by Crippen LogP contribution is 2.38. The predicted octanol–water partition coefficient (Wildman–Crippen LogP) is 2.75. The molecule has 0 atom stereocenters. The lowest BCUT2D eigenvalue weighted by molar-refractivity contribution is 0.257. The topological polar surface area (TPSA) is 87.9 Å². The molecule has 0 spiro atoms. The molecule has 0 amide bonds. The molecule has 2 aromatic rings. The lowest BCUT2D eigenvalue weighted by atomic mass is 9.74.